The number of aromatic nitrogens is 7. The van der Waals surface area contributed by atoms with Gasteiger partial charge >= 0.3 is 0 Å². The Labute approximate surface area is 542 Å². The molecule has 0 spiro atoms. The summed E-state index contributed by atoms with van der Waals surface area (Å²) in [7, 11) is 6.25. The van der Waals surface area contributed by atoms with E-state index >= 15 is 0 Å². The Morgan fingerprint density at radius 1 is 0.467 bits per heavy atom. The molecule has 0 bridgehead atoms. The van der Waals surface area contributed by atoms with Crippen LogP contribution in [0.2, 0.25) is 20.1 Å². The molecule has 0 aliphatic heterocycles. The molecule has 0 unspecified atom stereocenters. The van der Waals surface area contributed by atoms with Gasteiger partial charge in [0.25, 0.3) is 0 Å². The van der Waals surface area contributed by atoms with E-state index in [0.29, 0.717) is 113 Å². The van der Waals surface area contributed by atoms with E-state index in [9.17, 15) is 9.18 Å². The van der Waals surface area contributed by atoms with Gasteiger partial charge in [-0.25, -0.2) is 34.3 Å². The number of nitrogens with zero attached hydrogens (tertiary/aromatic N) is 7. The second-order valence-corrected chi connectivity index (χ2v) is 24.2. The molecule has 4 N–H and O–H groups in total. The lowest BCUT2D eigenvalue weighted by atomic mass is 9.95. The third kappa shape index (κ3) is 17.7. The Hall–Kier alpha value is -8.95. The Kier molecular flexibility index (Phi) is 22.5. The van der Waals surface area contributed by atoms with Crippen molar-refractivity contribution in [2.24, 2.45) is 5.41 Å². The number of carbonyl (C=O) groups is 1. The van der Waals surface area contributed by atoms with Crippen molar-refractivity contribution in [1.29, 1.82) is 0 Å². The first kappa shape index (κ1) is 68.5. The van der Waals surface area contributed by atoms with Crippen LogP contribution >= 0.6 is 46.4 Å². The summed E-state index contributed by atoms with van der Waals surface area (Å²) in [6.07, 6.45) is 6.05. The number of rotatable bonds is 16. The molecule has 10 aromatic rings. The fourth-order valence-corrected chi connectivity index (χ4v) is 9.25. The minimum absolute atomic E-state index is 0. The summed E-state index contributed by atoms with van der Waals surface area (Å²) >= 11 is 24.8. The Bertz CT molecular complexity index is 4170. The first-order chi connectivity index (χ1) is 42.2. The molecule has 19 nitrogen and oxygen atoms in total. The van der Waals surface area contributed by atoms with E-state index < -0.39 is 16.8 Å². The second kappa shape index (κ2) is 29.6. The number of hydrogen-bond donors (Lipinski definition) is 4. The standard InChI is InChI=1S/C26H26ClN5O3.C20H21Cl2N3O3.C19H19ClFN3O2.CH4/c1-26(2,3)25(33)32-21-13-20-18(12-23(21)34-4)24(30-15-29-20)31-16-8-9-22(19(27)11-16)35-14-17-7-5-6-10-28-17;1-20(2,3)28-18-6-11-14(8-17(18)27-5)23-10-24-19(11)25-15-9-16(26-4)13(22)7-12(15)21;1-19(2,3)26-16-9-14-11(8-15(16)25-4)18(23-10-22-14)24-13-7-5-6-12(20)17(13)21;/h5-13,15H,14H2,1-4H3,(H,32,33)(H,29,30,31);6-10H,1-5H3,(H,23,24,25);5-10H,1-4H3,(H,22,23,24);1H4. The van der Waals surface area contributed by atoms with Gasteiger partial charge < -0.3 is 54.4 Å². The summed E-state index contributed by atoms with van der Waals surface area (Å²) in [6, 6.07) is 29.9. The first-order valence-corrected chi connectivity index (χ1v) is 29.0. The van der Waals surface area contributed by atoms with Gasteiger partial charge in [-0.05, 0) is 114 Å². The van der Waals surface area contributed by atoms with Crippen molar-refractivity contribution >= 4 is 125 Å². The van der Waals surface area contributed by atoms with Gasteiger partial charge in [0.15, 0.2) is 28.8 Å². The summed E-state index contributed by atoms with van der Waals surface area (Å²) in [5, 5.41) is 15.9. The van der Waals surface area contributed by atoms with Crippen molar-refractivity contribution in [2.75, 3.05) is 49.7 Å². The summed E-state index contributed by atoms with van der Waals surface area (Å²) < 4.78 is 53.7. The SMILES string of the molecule is C.COc1cc(Nc2ncnc3cc(OC)c(OC(C)(C)C)cc23)c(Cl)cc1Cl.COc1cc2c(Nc3ccc(OCc4ccccn4)c(Cl)c3)ncnc2cc1NC(=O)C(C)(C)C.COc1cc2c(Nc3cccc(Cl)c3F)ncnc2cc1OC(C)(C)C. The van der Waals surface area contributed by atoms with Crippen molar-refractivity contribution in [3.8, 4) is 40.2 Å². The van der Waals surface area contributed by atoms with Crippen molar-refractivity contribution in [1.82, 2.24) is 34.9 Å². The number of nitrogens with one attached hydrogen (secondary N) is 4. The first-order valence-electron chi connectivity index (χ1n) is 27.5. The molecule has 0 saturated carbocycles. The Morgan fingerprint density at radius 3 is 1.52 bits per heavy atom. The van der Waals surface area contributed by atoms with Gasteiger partial charge in [-0.2, -0.15) is 0 Å². The molecule has 0 fully saturated rings. The number of anilines is 7. The van der Waals surface area contributed by atoms with E-state index in [0.717, 1.165) is 22.2 Å². The third-order valence-electron chi connectivity index (χ3n) is 12.6. The zero-order valence-corrected chi connectivity index (χ0v) is 54.1. The molecule has 0 atom stereocenters. The second-order valence-electron chi connectivity index (χ2n) is 22.6. The normalized spacial score (nSPS) is 11.2. The molecule has 24 heteroatoms. The predicted octanol–water partition coefficient (Wildman–Crippen LogP) is 17.9. The largest absolute Gasteiger partial charge is 0.495 e. The maximum Gasteiger partial charge on any atom is 0.229 e. The molecule has 10 rings (SSSR count). The van der Waals surface area contributed by atoms with Crippen LogP contribution in [0.15, 0.2) is 128 Å². The molecular formula is C66H70Cl4FN11O8. The third-order valence-corrected chi connectivity index (χ3v) is 13.8. The van der Waals surface area contributed by atoms with E-state index in [1.165, 1.54) is 25.0 Å². The minimum Gasteiger partial charge on any atom is -0.495 e. The highest BCUT2D eigenvalue weighted by atomic mass is 35.5. The molecule has 6 aromatic carbocycles. The average Bonchev–Trinajstić information content (AvgIpc) is 0.885. The number of amides is 1. The van der Waals surface area contributed by atoms with Gasteiger partial charge in [0.1, 0.15) is 71.5 Å². The summed E-state index contributed by atoms with van der Waals surface area (Å²) in [4.78, 5) is 42.7. The summed E-state index contributed by atoms with van der Waals surface area (Å²) in [5.74, 6) is 4.78. The molecule has 4 aromatic heterocycles. The maximum atomic E-state index is 14.2. The molecular weight excluding hydrogens is 1240 g/mol. The minimum atomic E-state index is -0.550. The molecule has 0 aliphatic rings. The van der Waals surface area contributed by atoms with Crippen molar-refractivity contribution in [3.63, 3.8) is 0 Å². The van der Waals surface area contributed by atoms with Crippen LogP contribution in [0.3, 0.4) is 0 Å². The quantitative estimate of drug-likeness (QED) is 0.0706. The fourth-order valence-electron chi connectivity index (χ4n) is 8.33. The van der Waals surface area contributed by atoms with Crippen LogP contribution in [0, 0.1) is 11.2 Å². The van der Waals surface area contributed by atoms with E-state index in [2.05, 4.69) is 56.2 Å². The molecule has 90 heavy (non-hydrogen) atoms. The zero-order chi connectivity index (χ0) is 64.4. The predicted molar refractivity (Wildman–Crippen MR) is 358 cm³/mol. The summed E-state index contributed by atoms with van der Waals surface area (Å²) in [6.45, 7) is 17.6. The number of halogens is 5. The number of benzene rings is 6. The number of fused-ring (bicyclic) bond motifs is 3. The van der Waals surface area contributed by atoms with Gasteiger partial charge in [-0.3, -0.25) is 9.78 Å². The van der Waals surface area contributed by atoms with Crippen LogP contribution in [-0.2, 0) is 11.4 Å². The van der Waals surface area contributed by atoms with Crippen LogP contribution in [-0.4, -0.2) is 80.4 Å². The van der Waals surface area contributed by atoms with E-state index in [1.54, 1.807) is 95.3 Å². The summed E-state index contributed by atoms with van der Waals surface area (Å²) in [5.41, 5.74) is 3.58. The van der Waals surface area contributed by atoms with Crippen molar-refractivity contribution in [3.05, 3.63) is 160 Å². The van der Waals surface area contributed by atoms with E-state index in [-0.39, 0.29) is 29.6 Å². The smallest absolute Gasteiger partial charge is 0.229 e. The number of hydrogen-bond acceptors (Lipinski definition) is 18. The highest BCUT2D eigenvalue weighted by Gasteiger charge is 2.25. The van der Waals surface area contributed by atoms with Gasteiger partial charge in [0, 0.05) is 51.7 Å². The van der Waals surface area contributed by atoms with Crippen LogP contribution in [0.1, 0.15) is 75.4 Å². The molecule has 0 radical (unpaired) electrons. The lowest BCUT2D eigenvalue weighted by Gasteiger charge is -2.23. The highest BCUT2D eigenvalue weighted by Crippen LogP contribution is 2.42. The van der Waals surface area contributed by atoms with Crippen LogP contribution < -0.4 is 54.4 Å². The van der Waals surface area contributed by atoms with Crippen LogP contribution in [0.5, 0.6) is 40.2 Å². The Balaban J connectivity index is 0.000000193. The Morgan fingerprint density at radius 2 is 0.978 bits per heavy atom. The molecule has 1 amide bonds. The highest BCUT2D eigenvalue weighted by molar-refractivity contribution is 6.37. The van der Waals surface area contributed by atoms with Crippen molar-refractivity contribution in [2.45, 2.75) is 87.5 Å². The molecule has 0 aliphatic carbocycles. The van der Waals surface area contributed by atoms with Gasteiger partial charge in [-0.1, -0.05) is 86.7 Å². The van der Waals surface area contributed by atoms with E-state index in [1.807, 2.05) is 98.7 Å². The topological polar surface area (TPSA) is 220 Å². The monoisotopic (exact) mass is 1300 g/mol. The van der Waals surface area contributed by atoms with Gasteiger partial charge in [-0.15, -0.1) is 0 Å². The van der Waals surface area contributed by atoms with Crippen LogP contribution in [0.4, 0.5) is 44.6 Å². The molecule has 0 saturated heterocycles. The number of carbonyl (C=O) groups excluding carboxylic acids is 1. The lowest BCUT2D eigenvalue weighted by molar-refractivity contribution is -0.123. The zero-order valence-electron chi connectivity index (χ0n) is 51.1. The van der Waals surface area contributed by atoms with Crippen LogP contribution in [0.25, 0.3) is 32.7 Å². The van der Waals surface area contributed by atoms with Gasteiger partial charge in [0.05, 0.1) is 87.8 Å². The number of pyridine rings is 1. The lowest BCUT2D eigenvalue weighted by Crippen LogP contribution is -2.27. The molecule has 4 heterocycles. The average molecular weight is 1310 g/mol. The number of methoxy groups -OCH3 is 4. The van der Waals surface area contributed by atoms with Gasteiger partial charge in [0.2, 0.25) is 5.91 Å². The van der Waals surface area contributed by atoms with E-state index in [4.69, 9.17) is 79.6 Å². The number of ether oxygens (including phenoxy) is 7. The van der Waals surface area contributed by atoms with Crippen molar-refractivity contribution < 1.29 is 42.3 Å². The fraction of sp³-hybridized carbons (Fsp3) is 0.273. The molecule has 472 valence electrons. The maximum absolute atomic E-state index is 14.2.